The SMILES string of the molecule is Nc1cccc2oc(Sc3ccccc3F)nc12. The summed E-state index contributed by atoms with van der Waals surface area (Å²) in [6.07, 6.45) is 0. The Morgan fingerprint density at radius 2 is 1.94 bits per heavy atom. The van der Waals surface area contributed by atoms with Crippen molar-refractivity contribution >= 4 is 28.5 Å². The quantitative estimate of drug-likeness (QED) is 0.714. The Morgan fingerprint density at radius 3 is 2.72 bits per heavy atom. The van der Waals surface area contributed by atoms with Crippen molar-refractivity contribution in [2.24, 2.45) is 0 Å². The molecule has 2 aromatic carbocycles. The maximum atomic E-state index is 13.5. The van der Waals surface area contributed by atoms with Crippen LogP contribution in [0.25, 0.3) is 11.1 Å². The van der Waals surface area contributed by atoms with Crippen molar-refractivity contribution in [1.29, 1.82) is 0 Å². The molecule has 18 heavy (non-hydrogen) atoms. The van der Waals surface area contributed by atoms with E-state index in [0.717, 1.165) is 11.8 Å². The molecule has 1 aromatic heterocycles. The number of aromatic nitrogens is 1. The zero-order valence-corrected chi connectivity index (χ0v) is 10.1. The van der Waals surface area contributed by atoms with Gasteiger partial charge >= 0.3 is 0 Å². The zero-order valence-electron chi connectivity index (χ0n) is 9.26. The first kappa shape index (κ1) is 11.1. The maximum Gasteiger partial charge on any atom is 0.261 e. The third-order valence-corrected chi connectivity index (χ3v) is 3.36. The van der Waals surface area contributed by atoms with E-state index in [0.29, 0.717) is 26.9 Å². The van der Waals surface area contributed by atoms with Gasteiger partial charge in [-0.2, -0.15) is 0 Å². The molecule has 0 saturated carbocycles. The molecule has 0 spiro atoms. The number of halogens is 1. The molecule has 0 aliphatic carbocycles. The number of hydrogen-bond donors (Lipinski definition) is 1. The van der Waals surface area contributed by atoms with Gasteiger partial charge in [0.2, 0.25) is 0 Å². The summed E-state index contributed by atoms with van der Waals surface area (Å²) < 4.78 is 19.0. The minimum absolute atomic E-state index is 0.294. The van der Waals surface area contributed by atoms with E-state index >= 15 is 0 Å². The van der Waals surface area contributed by atoms with Crippen molar-refractivity contribution < 1.29 is 8.81 Å². The van der Waals surface area contributed by atoms with Gasteiger partial charge in [0.25, 0.3) is 5.22 Å². The van der Waals surface area contributed by atoms with Gasteiger partial charge in [0.05, 0.1) is 10.6 Å². The fraction of sp³-hybridized carbons (Fsp3) is 0. The minimum Gasteiger partial charge on any atom is -0.431 e. The van der Waals surface area contributed by atoms with Crippen LogP contribution in [0.5, 0.6) is 0 Å². The summed E-state index contributed by atoms with van der Waals surface area (Å²) in [5, 5.41) is 0.382. The van der Waals surface area contributed by atoms with Crippen molar-refractivity contribution in [2.45, 2.75) is 10.1 Å². The van der Waals surface area contributed by atoms with Gasteiger partial charge in [-0.3, -0.25) is 0 Å². The van der Waals surface area contributed by atoms with Crippen LogP contribution in [0.2, 0.25) is 0 Å². The van der Waals surface area contributed by atoms with E-state index in [1.165, 1.54) is 6.07 Å². The van der Waals surface area contributed by atoms with Gasteiger partial charge in [-0.15, -0.1) is 0 Å². The Bertz CT molecular complexity index is 711. The molecule has 1 heterocycles. The minimum atomic E-state index is -0.294. The molecule has 0 atom stereocenters. The second kappa shape index (κ2) is 4.34. The van der Waals surface area contributed by atoms with Crippen molar-refractivity contribution in [3.05, 3.63) is 48.3 Å². The highest BCUT2D eigenvalue weighted by Gasteiger charge is 2.11. The van der Waals surface area contributed by atoms with E-state index in [2.05, 4.69) is 4.98 Å². The standard InChI is InChI=1S/C13H9FN2OS/c14-8-4-1-2-7-11(8)18-13-16-12-9(15)5-3-6-10(12)17-13/h1-7H,15H2. The number of nitrogen functional groups attached to an aromatic ring is 1. The molecule has 0 aliphatic rings. The summed E-state index contributed by atoms with van der Waals surface area (Å²) in [7, 11) is 0. The van der Waals surface area contributed by atoms with Crippen LogP contribution in [-0.4, -0.2) is 4.98 Å². The average Bonchev–Trinajstić information content (AvgIpc) is 2.76. The molecule has 0 radical (unpaired) electrons. The van der Waals surface area contributed by atoms with E-state index in [4.69, 9.17) is 10.2 Å². The third kappa shape index (κ3) is 1.93. The van der Waals surface area contributed by atoms with Crippen LogP contribution in [-0.2, 0) is 0 Å². The van der Waals surface area contributed by atoms with Gasteiger partial charge < -0.3 is 10.2 Å². The number of fused-ring (bicyclic) bond motifs is 1. The lowest BCUT2D eigenvalue weighted by atomic mass is 10.3. The molecule has 2 N–H and O–H groups in total. The van der Waals surface area contributed by atoms with Crippen LogP contribution in [0.3, 0.4) is 0 Å². The highest BCUT2D eigenvalue weighted by atomic mass is 32.2. The van der Waals surface area contributed by atoms with Gasteiger partial charge in [0, 0.05) is 0 Å². The van der Waals surface area contributed by atoms with Gasteiger partial charge in [0.15, 0.2) is 5.58 Å². The van der Waals surface area contributed by atoms with E-state index in [-0.39, 0.29) is 5.82 Å². The topological polar surface area (TPSA) is 52.0 Å². The second-order valence-corrected chi connectivity index (χ2v) is 4.70. The van der Waals surface area contributed by atoms with E-state index in [9.17, 15) is 4.39 Å². The molecule has 0 bridgehead atoms. The lowest BCUT2D eigenvalue weighted by Crippen LogP contribution is -1.85. The fourth-order valence-corrected chi connectivity index (χ4v) is 2.38. The van der Waals surface area contributed by atoms with Crippen LogP contribution in [0.1, 0.15) is 0 Å². The van der Waals surface area contributed by atoms with E-state index in [1.807, 2.05) is 0 Å². The highest BCUT2D eigenvalue weighted by Crippen LogP contribution is 2.32. The Balaban J connectivity index is 2.01. The monoisotopic (exact) mass is 260 g/mol. The van der Waals surface area contributed by atoms with Crippen molar-refractivity contribution in [1.82, 2.24) is 4.98 Å². The van der Waals surface area contributed by atoms with Crippen molar-refractivity contribution in [3.63, 3.8) is 0 Å². The lowest BCUT2D eigenvalue weighted by molar-refractivity contribution is 0.488. The molecule has 90 valence electrons. The van der Waals surface area contributed by atoms with Gasteiger partial charge in [0.1, 0.15) is 11.3 Å². The first-order valence-corrected chi connectivity index (χ1v) is 6.13. The van der Waals surface area contributed by atoms with Crippen LogP contribution < -0.4 is 5.73 Å². The molecule has 3 rings (SSSR count). The summed E-state index contributed by atoms with van der Waals surface area (Å²) in [6, 6.07) is 11.8. The smallest absolute Gasteiger partial charge is 0.261 e. The van der Waals surface area contributed by atoms with Crippen LogP contribution in [0, 0.1) is 5.82 Å². The first-order valence-electron chi connectivity index (χ1n) is 5.31. The Labute approximate surface area is 107 Å². The number of hydrogen-bond acceptors (Lipinski definition) is 4. The normalized spacial score (nSPS) is 10.9. The molecule has 3 aromatic rings. The second-order valence-electron chi connectivity index (χ2n) is 3.71. The lowest BCUT2D eigenvalue weighted by Gasteiger charge is -1.97. The number of benzene rings is 2. The maximum absolute atomic E-state index is 13.5. The molecule has 0 fully saturated rings. The molecule has 5 heteroatoms. The molecule has 0 amide bonds. The average molecular weight is 260 g/mol. The molecular formula is C13H9FN2OS. The first-order chi connectivity index (χ1) is 8.74. The van der Waals surface area contributed by atoms with E-state index < -0.39 is 0 Å². The Kier molecular flexibility index (Phi) is 2.68. The largest absolute Gasteiger partial charge is 0.431 e. The summed E-state index contributed by atoms with van der Waals surface area (Å²) in [5.41, 5.74) is 7.55. The molecule has 0 unspecified atom stereocenters. The Morgan fingerprint density at radius 1 is 1.11 bits per heavy atom. The molecular weight excluding hydrogens is 251 g/mol. The number of rotatable bonds is 2. The van der Waals surface area contributed by atoms with Crippen LogP contribution in [0.15, 0.2) is 57.0 Å². The fourth-order valence-electron chi connectivity index (χ4n) is 1.61. The zero-order chi connectivity index (χ0) is 12.5. The molecule has 3 nitrogen and oxygen atoms in total. The number of anilines is 1. The predicted octanol–water partition coefficient (Wildman–Crippen LogP) is 3.70. The van der Waals surface area contributed by atoms with Crippen LogP contribution >= 0.6 is 11.8 Å². The number of nitrogens with two attached hydrogens (primary N) is 1. The Hall–Kier alpha value is -2.01. The third-order valence-electron chi connectivity index (χ3n) is 2.46. The molecule has 0 aliphatic heterocycles. The predicted molar refractivity (Wildman–Crippen MR) is 68.9 cm³/mol. The highest BCUT2D eigenvalue weighted by molar-refractivity contribution is 7.99. The van der Waals surface area contributed by atoms with Gasteiger partial charge in [-0.1, -0.05) is 18.2 Å². The summed E-state index contributed by atoms with van der Waals surface area (Å²) in [6.45, 7) is 0. The summed E-state index contributed by atoms with van der Waals surface area (Å²) in [5.74, 6) is -0.294. The summed E-state index contributed by atoms with van der Waals surface area (Å²) in [4.78, 5) is 4.73. The summed E-state index contributed by atoms with van der Waals surface area (Å²) >= 11 is 1.14. The van der Waals surface area contributed by atoms with E-state index in [1.54, 1.807) is 36.4 Å². The van der Waals surface area contributed by atoms with Gasteiger partial charge in [-0.05, 0) is 36.0 Å². The van der Waals surface area contributed by atoms with Gasteiger partial charge in [-0.25, -0.2) is 9.37 Å². The van der Waals surface area contributed by atoms with Crippen LogP contribution in [0.4, 0.5) is 10.1 Å². The number of nitrogens with zero attached hydrogens (tertiary/aromatic N) is 1. The van der Waals surface area contributed by atoms with Crippen molar-refractivity contribution in [2.75, 3.05) is 5.73 Å². The van der Waals surface area contributed by atoms with Crippen molar-refractivity contribution in [3.8, 4) is 0 Å². The number of para-hydroxylation sites is 1. The molecule has 0 saturated heterocycles. The number of oxazole rings is 1.